The molecule has 0 aromatic carbocycles. The quantitative estimate of drug-likeness (QED) is 0.491. The summed E-state index contributed by atoms with van der Waals surface area (Å²) in [5, 5.41) is 0. The fraction of sp³-hybridized carbons (Fsp3) is 0.182. The highest BCUT2D eigenvalue weighted by Crippen LogP contribution is 1.96. The van der Waals surface area contributed by atoms with Crippen molar-refractivity contribution in [3.05, 3.63) is 55.0 Å². The average Bonchev–Trinajstić information content (AvgIpc) is 2.08. The van der Waals surface area contributed by atoms with Crippen LogP contribution in [0.1, 0.15) is 12.8 Å². The van der Waals surface area contributed by atoms with E-state index in [0.29, 0.717) is 0 Å². The monoisotopic (exact) mass is 145 g/mol. The second-order valence-corrected chi connectivity index (χ2v) is 2.40. The molecular weight excluding hydrogens is 132 g/mol. The van der Waals surface area contributed by atoms with Crippen LogP contribution in [-0.4, -0.2) is 0 Å². The number of allylic oxidation sites excluding steroid dienone is 8. The Kier molecular flexibility index (Phi) is 4.19. The Bertz CT molecular complexity index is 192. The van der Waals surface area contributed by atoms with Gasteiger partial charge in [0.15, 0.2) is 0 Å². The summed E-state index contributed by atoms with van der Waals surface area (Å²) in [6.45, 7) is 0. The highest BCUT2D eigenvalue weighted by atomic mass is 13.8. The Morgan fingerprint density at radius 3 is 2.09 bits per heavy atom. The van der Waals surface area contributed by atoms with E-state index in [4.69, 9.17) is 0 Å². The molecule has 57 valence electrons. The van der Waals surface area contributed by atoms with Crippen LogP contribution in [0.25, 0.3) is 0 Å². The third-order valence-corrected chi connectivity index (χ3v) is 1.44. The van der Waals surface area contributed by atoms with E-state index in [1.165, 1.54) is 0 Å². The van der Waals surface area contributed by atoms with E-state index in [1.54, 1.807) is 0 Å². The zero-order chi connectivity index (χ0) is 7.78. The molecule has 1 aliphatic rings. The molecule has 0 aromatic heterocycles. The molecule has 1 aliphatic carbocycles. The van der Waals surface area contributed by atoms with Crippen molar-refractivity contribution in [1.29, 1.82) is 0 Å². The molecule has 0 atom stereocenters. The molecule has 0 fully saturated rings. The van der Waals surface area contributed by atoms with Gasteiger partial charge in [-0.05, 0) is 12.8 Å². The van der Waals surface area contributed by atoms with Crippen LogP contribution >= 0.6 is 0 Å². The van der Waals surface area contributed by atoms with Crippen LogP contribution in [-0.2, 0) is 0 Å². The van der Waals surface area contributed by atoms with E-state index in [9.17, 15) is 0 Å². The van der Waals surface area contributed by atoms with Gasteiger partial charge in [0.1, 0.15) is 0 Å². The second-order valence-electron chi connectivity index (χ2n) is 2.40. The summed E-state index contributed by atoms with van der Waals surface area (Å²) in [4.78, 5) is 0. The summed E-state index contributed by atoms with van der Waals surface area (Å²) < 4.78 is 0. The number of rotatable bonds is 0. The van der Waals surface area contributed by atoms with Gasteiger partial charge in [-0.2, -0.15) is 0 Å². The topological polar surface area (TPSA) is 0 Å². The van der Waals surface area contributed by atoms with Crippen LogP contribution in [0, 0.1) is 6.42 Å². The van der Waals surface area contributed by atoms with Gasteiger partial charge < -0.3 is 0 Å². The van der Waals surface area contributed by atoms with Gasteiger partial charge in [-0.1, -0.05) is 48.6 Å². The van der Waals surface area contributed by atoms with E-state index in [-0.39, 0.29) is 0 Å². The van der Waals surface area contributed by atoms with Gasteiger partial charge in [-0.25, -0.2) is 0 Å². The fourth-order valence-corrected chi connectivity index (χ4v) is 0.863. The first-order chi connectivity index (χ1) is 5.50. The lowest BCUT2D eigenvalue weighted by Crippen LogP contribution is -1.64. The first-order valence-corrected chi connectivity index (χ1v) is 3.98. The molecule has 1 radical (unpaired) electrons. The van der Waals surface area contributed by atoms with Gasteiger partial charge in [-0.15, -0.1) is 0 Å². The first-order valence-electron chi connectivity index (χ1n) is 3.98. The van der Waals surface area contributed by atoms with Crippen molar-refractivity contribution in [2.24, 2.45) is 0 Å². The molecule has 1 rings (SSSR count). The van der Waals surface area contributed by atoms with Gasteiger partial charge in [0.05, 0.1) is 0 Å². The summed E-state index contributed by atoms with van der Waals surface area (Å²) in [5.41, 5.74) is 0. The lowest BCUT2D eigenvalue weighted by Gasteiger charge is -1.83. The molecular formula is C11H13. The Hall–Kier alpha value is -1.04. The maximum Gasteiger partial charge on any atom is 0.00473 e. The van der Waals surface area contributed by atoms with Crippen LogP contribution < -0.4 is 0 Å². The second kappa shape index (κ2) is 5.72. The van der Waals surface area contributed by atoms with E-state index in [1.807, 2.05) is 18.2 Å². The molecule has 0 saturated carbocycles. The predicted octanol–water partition coefficient (Wildman–Crippen LogP) is 3.21. The fourth-order valence-electron chi connectivity index (χ4n) is 0.863. The molecule has 0 bridgehead atoms. The predicted molar refractivity (Wildman–Crippen MR) is 50.1 cm³/mol. The van der Waals surface area contributed by atoms with Gasteiger partial charge in [0, 0.05) is 6.42 Å². The normalized spacial score (nSPS) is 18.2. The van der Waals surface area contributed by atoms with Gasteiger partial charge in [-0.3, -0.25) is 0 Å². The van der Waals surface area contributed by atoms with E-state index < -0.39 is 0 Å². The highest BCUT2D eigenvalue weighted by molar-refractivity contribution is 5.17. The summed E-state index contributed by atoms with van der Waals surface area (Å²) in [6, 6.07) is 0. The van der Waals surface area contributed by atoms with E-state index >= 15 is 0 Å². The molecule has 0 aliphatic heterocycles. The zero-order valence-corrected chi connectivity index (χ0v) is 6.61. The van der Waals surface area contributed by atoms with Crippen LogP contribution in [0.3, 0.4) is 0 Å². The Labute approximate surface area is 68.6 Å². The molecule has 0 saturated heterocycles. The standard InChI is InChI=1S/C11H13/c1-2-4-6-8-10-11-9-7-5-3-1/h1-9H,10-11H2. The van der Waals surface area contributed by atoms with Crippen molar-refractivity contribution < 1.29 is 0 Å². The SMILES string of the molecule is [CH]1C=CC=CC=CCCC=C1. The van der Waals surface area contributed by atoms with Crippen molar-refractivity contribution in [3.8, 4) is 0 Å². The van der Waals surface area contributed by atoms with Crippen LogP contribution in [0.5, 0.6) is 0 Å². The average molecular weight is 145 g/mol. The maximum atomic E-state index is 2.18. The molecule has 0 nitrogen and oxygen atoms in total. The van der Waals surface area contributed by atoms with Crippen molar-refractivity contribution in [2.75, 3.05) is 0 Å². The third kappa shape index (κ3) is 4.38. The van der Waals surface area contributed by atoms with Crippen molar-refractivity contribution in [3.63, 3.8) is 0 Å². The Morgan fingerprint density at radius 1 is 0.545 bits per heavy atom. The van der Waals surface area contributed by atoms with Crippen molar-refractivity contribution in [2.45, 2.75) is 12.8 Å². The molecule has 11 heavy (non-hydrogen) atoms. The van der Waals surface area contributed by atoms with Crippen LogP contribution in [0.2, 0.25) is 0 Å². The third-order valence-electron chi connectivity index (χ3n) is 1.44. The molecule has 0 unspecified atom stereocenters. The molecule has 0 amide bonds. The lowest BCUT2D eigenvalue weighted by atomic mass is 10.2. The lowest BCUT2D eigenvalue weighted by molar-refractivity contribution is 1.05. The highest BCUT2D eigenvalue weighted by Gasteiger charge is 1.76. The van der Waals surface area contributed by atoms with E-state index in [0.717, 1.165) is 12.8 Å². The summed E-state index contributed by atoms with van der Waals surface area (Å²) >= 11 is 0. The minimum Gasteiger partial charge on any atom is -0.0876 e. The minimum atomic E-state index is 1.13. The largest absolute Gasteiger partial charge is 0.0876 e. The van der Waals surface area contributed by atoms with Crippen LogP contribution in [0.4, 0.5) is 0 Å². The molecule has 0 aromatic rings. The molecule has 0 heteroatoms. The summed E-state index contributed by atoms with van der Waals surface area (Å²) in [7, 11) is 0. The number of hydrogen-bond donors (Lipinski definition) is 0. The smallest absolute Gasteiger partial charge is 0.00473 e. The minimum absolute atomic E-state index is 1.13. The molecule has 0 N–H and O–H groups in total. The molecule has 0 spiro atoms. The van der Waals surface area contributed by atoms with Gasteiger partial charge in [0.25, 0.3) is 0 Å². The van der Waals surface area contributed by atoms with Crippen LogP contribution in [0.15, 0.2) is 48.6 Å². The molecule has 0 heterocycles. The Balaban J connectivity index is 2.47. The van der Waals surface area contributed by atoms with Gasteiger partial charge in [0.2, 0.25) is 0 Å². The number of hydrogen-bond acceptors (Lipinski definition) is 0. The summed E-state index contributed by atoms with van der Waals surface area (Å²) in [5.74, 6) is 0. The van der Waals surface area contributed by atoms with E-state index in [2.05, 4.69) is 36.8 Å². The maximum absolute atomic E-state index is 2.18. The van der Waals surface area contributed by atoms with Gasteiger partial charge >= 0.3 is 0 Å². The Morgan fingerprint density at radius 2 is 1.18 bits per heavy atom. The van der Waals surface area contributed by atoms with Crippen molar-refractivity contribution in [1.82, 2.24) is 0 Å². The van der Waals surface area contributed by atoms with Crippen molar-refractivity contribution >= 4 is 0 Å². The summed E-state index contributed by atoms with van der Waals surface area (Å²) in [6.07, 6.45) is 21.0. The zero-order valence-electron chi connectivity index (χ0n) is 6.61. The first kappa shape index (κ1) is 8.06.